The minimum absolute atomic E-state index is 0.00625. The fourth-order valence-corrected chi connectivity index (χ4v) is 1.15. The normalized spacial score (nSPS) is 20.8. The van der Waals surface area contributed by atoms with Gasteiger partial charge in [0.05, 0.1) is 6.61 Å². The molecular formula is C7H11O4. The third kappa shape index (κ3) is 1.52. The molecule has 0 aromatic rings. The first-order valence-electron chi connectivity index (χ1n) is 3.67. The van der Waals surface area contributed by atoms with Gasteiger partial charge in [-0.3, -0.25) is 0 Å². The second-order valence-electron chi connectivity index (χ2n) is 2.71. The highest BCUT2D eigenvalue weighted by Gasteiger charge is 2.45. The number of ether oxygens (including phenoxy) is 1. The summed E-state index contributed by atoms with van der Waals surface area (Å²) >= 11 is 0. The van der Waals surface area contributed by atoms with E-state index >= 15 is 0 Å². The van der Waals surface area contributed by atoms with E-state index in [0.29, 0.717) is 12.8 Å². The number of aliphatic carboxylic acids is 1. The molecule has 4 heteroatoms. The van der Waals surface area contributed by atoms with Gasteiger partial charge in [-0.05, 0) is 19.3 Å². The number of hydrogen-bond acceptors (Lipinski definition) is 2. The quantitative estimate of drug-likeness (QED) is 0.647. The van der Waals surface area contributed by atoms with Gasteiger partial charge in [-0.1, -0.05) is 0 Å². The molecule has 0 unspecified atom stereocenters. The van der Waals surface area contributed by atoms with E-state index in [-0.39, 0.29) is 13.2 Å². The molecule has 1 fully saturated rings. The molecule has 0 aromatic heterocycles. The van der Waals surface area contributed by atoms with Crippen LogP contribution in [0.3, 0.4) is 0 Å². The third-order valence-electron chi connectivity index (χ3n) is 2.01. The van der Waals surface area contributed by atoms with E-state index in [4.69, 9.17) is 9.84 Å². The molecule has 1 radical (unpaired) electrons. The van der Waals surface area contributed by atoms with E-state index in [9.17, 15) is 9.90 Å². The molecule has 0 atom stereocenters. The van der Waals surface area contributed by atoms with Crippen molar-refractivity contribution in [2.45, 2.75) is 24.9 Å². The molecule has 1 N–H and O–H groups in total. The lowest BCUT2D eigenvalue weighted by Crippen LogP contribution is -2.48. The number of carboxylic acids is 1. The molecule has 1 aliphatic carbocycles. The first-order valence-corrected chi connectivity index (χ1v) is 3.67. The Hall–Kier alpha value is -0.610. The van der Waals surface area contributed by atoms with Crippen LogP contribution < -0.4 is 0 Å². The molecule has 0 saturated heterocycles. The molecule has 1 aliphatic rings. The van der Waals surface area contributed by atoms with Gasteiger partial charge in [0, 0.05) is 0 Å². The van der Waals surface area contributed by atoms with Gasteiger partial charge in [-0.25, -0.2) is 9.90 Å². The van der Waals surface area contributed by atoms with Gasteiger partial charge in [-0.2, -0.15) is 0 Å². The Morgan fingerprint density at radius 1 is 1.55 bits per heavy atom. The standard InChI is InChI=1S/C7H11O4/c8-4-5-11-7(6(9)10)2-1-3-7/h1-5H2,(H,9,10). The Morgan fingerprint density at radius 3 is 2.45 bits per heavy atom. The Kier molecular flexibility index (Phi) is 2.46. The summed E-state index contributed by atoms with van der Waals surface area (Å²) in [5.74, 6) is -0.933. The van der Waals surface area contributed by atoms with Crippen LogP contribution in [-0.2, 0) is 14.6 Å². The highest BCUT2D eigenvalue weighted by molar-refractivity contribution is 5.78. The average Bonchev–Trinajstić information content (AvgIpc) is 1.85. The van der Waals surface area contributed by atoms with Crippen molar-refractivity contribution in [1.29, 1.82) is 0 Å². The highest BCUT2D eigenvalue weighted by atomic mass is 16.5. The summed E-state index contributed by atoms with van der Waals surface area (Å²) in [6, 6.07) is 0. The van der Waals surface area contributed by atoms with Crippen LogP contribution in [-0.4, -0.2) is 29.9 Å². The fourth-order valence-electron chi connectivity index (χ4n) is 1.15. The van der Waals surface area contributed by atoms with Crippen LogP contribution in [0.1, 0.15) is 19.3 Å². The molecule has 0 spiro atoms. The largest absolute Gasteiger partial charge is 0.479 e. The van der Waals surface area contributed by atoms with Crippen molar-refractivity contribution in [1.82, 2.24) is 0 Å². The molecule has 0 heterocycles. The monoisotopic (exact) mass is 159 g/mol. The van der Waals surface area contributed by atoms with Crippen LogP contribution in [0, 0.1) is 0 Å². The summed E-state index contributed by atoms with van der Waals surface area (Å²) in [5.41, 5.74) is -1.01. The lowest BCUT2D eigenvalue weighted by Gasteiger charge is -2.36. The Bertz CT molecular complexity index is 151. The molecule has 0 aromatic carbocycles. The van der Waals surface area contributed by atoms with Gasteiger partial charge >= 0.3 is 5.97 Å². The summed E-state index contributed by atoms with van der Waals surface area (Å²) < 4.78 is 4.96. The molecule has 0 amide bonds. The first-order chi connectivity index (χ1) is 5.21. The number of carbonyl (C=O) groups is 1. The molecular weight excluding hydrogens is 148 g/mol. The zero-order chi connectivity index (χ0) is 8.32. The second-order valence-corrected chi connectivity index (χ2v) is 2.71. The summed E-state index contributed by atoms with van der Waals surface area (Å²) in [4.78, 5) is 10.6. The van der Waals surface area contributed by atoms with Crippen LogP contribution >= 0.6 is 0 Å². The maximum atomic E-state index is 10.6. The van der Waals surface area contributed by atoms with Crippen molar-refractivity contribution < 1.29 is 19.7 Å². The minimum atomic E-state index is -1.01. The topological polar surface area (TPSA) is 66.4 Å². The SMILES string of the molecule is [O]CCOC1(C(=O)O)CCC1. The van der Waals surface area contributed by atoms with Crippen molar-refractivity contribution in [3.8, 4) is 0 Å². The number of carboxylic acid groups (broad SMARTS) is 1. The van der Waals surface area contributed by atoms with Gasteiger partial charge in [0.15, 0.2) is 5.60 Å². The highest BCUT2D eigenvalue weighted by Crippen LogP contribution is 2.35. The summed E-state index contributed by atoms with van der Waals surface area (Å²) in [6.45, 7) is -0.360. The van der Waals surface area contributed by atoms with Crippen molar-refractivity contribution in [2.75, 3.05) is 13.2 Å². The average molecular weight is 159 g/mol. The van der Waals surface area contributed by atoms with E-state index in [1.54, 1.807) is 0 Å². The number of rotatable bonds is 4. The van der Waals surface area contributed by atoms with E-state index in [0.717, 1.165) is 6.42 Å². The molecule has 11 heavy (non-hydrogen) atoms. The Balaban J connectivity index is 2.40. The maximum absolute atomic E-state index is 10.6. The number of hydrogen-bond donors (Lipinski definition) is 1. The molecule has 1 saturated carbocycles. The van der Waals surface area contributed by atoms with Crippen LogP contribution in [0.5, 0.6) is 0 Å². The lowest BCUT2D eigenvalue weighted by atomic mass is 9.80. The van der Waals surface area contributed by atoms with Gasteiger partial charge in [0.2, 0.25) is 0 Å². The van der Waals surface area contributed by atoms with E-state index in [1.165, 1.54) is 0 Å². The fraction of sp³-hybridized carbons (Fsp3) is 0.857. The summed E-state index contributed by atoms with van der Waals surface area (Å²) in [5, 5.41) is 18.7. The van der Waals surface area contributed by atoms with Gasteiger partial charge < -0.3 is 9.84 Å². The van der Waals surface area contributed by atoms with E-state index in [2.05, 4.69) is 0 Å². The summed E-state index contributed by atoms with van der Waals surface area (Å²) in [6.07, 6.45) is 1.97. The molecule has 0 aliphatic heterocycles. The van der Waals surface area contributed by atoms with Crippen molar-refractivity contribution in [2.24, 2.45) is 0 Å². The van der Waals surface area contributed by atoms with Crippen LogP contribution in [0.15, 0.2) is 0 Å². The molecule has 4 nitrogen and oxygen atoms in total. The van der Waals surface area contributed by atoms with Gasteiger partial charge in [0.1, 0.15) is 6.61 Å². The zero-order valence-corrected chi connectivity index (χ0v) is 6.21. The predicted molar refractivity (Wildman–Crippen MR) is 35.7 cm³/mol. The van der Waals surface area contributed by atoms with Crippen LogP contribution in [0.4, 0.5) is 0 Å². The predicted octanol–water partition coefficient (Wildman–Crippen LogP) is 0.441. The van der Waals surface area contributed by atoms with Crippen molar-refractivity contribution in [3.05, 3.63) is 0 Å². The molecule has 1 rings (SSSR count). The third-order valence-corrected chi connectivity index (χ3v) is 2.01. The van der Waals surface area contributed by atoms with Crippen LogP contribution in [0.2, 0.25) is 0 Å². The smallest absolute Gasteiger partial charge is 0.335 e. The van der Waals surface area contributed by atoms with Gasteiger partial charge in [0.25, 0.3) is 0 Å². The van der Waals surface area contributed by atoms with Crippen molar-refractivity contribution >= 4 is 5.97 Å². The van der Waals surface area contributed by atoms with E-state index in [1.807, 2.05) is 0 Å². The first kappa shape index (κ1) is 8.49. The Morgan fingerprint density at radius 2 is 2.18 bits per heavy atom. The second kappa shape index (κ2) is 3.19. The zero-order valence-electron chi connectivity index (χ0n) is 6.21. The van der Waals surface area contributed by atoms with Crippen molar-refractivity contribution in [3.63, 3.8) is 0 Å². The molecule has 0 bridgehead atoms. The van der Waals surface area contributed by atoms with E-state index < -0.39 is 11.6 Å². The molecule has 63 valence electrons. The maximum Gasteiger partial charge on any atom is 0.335 e. The minimum Gasteiger partial charge on any atom is -0.479 e. The van der Waals surface area contributed by atoms with Gasteiger partial charge in [-0.15, -0.1) is 0 Å². The summed E-state index contributed by atoms with van der Waals surface area (Å²) in [7, 11) is 0. The Labute approximate surface area is 64.8 Å². The lowest BCUT2D eigenvalue weighted by molar-refractivity contribution is -0.181. The van der Waals surface area contributed by atoms with Crippen LogP contribution in [0.25, 0.3) is 0 Å².